The van der Waals surface area contributed by atoms with Gasteiger partial charge in [-0.1, -0.05) is 48.5 Å². The number of aryl methyl sites for hydroxylation is 1. The maximum Gasteiger partial charge on any atom is 0.166 e. The molecule has 0 saturated carbocycles. The largest absolute Gasteiger partial charge is 0.493 e. The number of rotatable bonds is 9. The summed E-state index contributed by atoms with van der Waals surface area (Å²) in [5.41, 5.74) is 5.40. The molecule has 6 nitrogen and oxygen atoms in total. The minimum absolute atomic E-state index is 0.272. The van der Waals surface area contributed by atoms with Gasteiger partial charge in [-0.2, -0.15) is 0 Å². The van der Waals surface area contributed by atoms with E-state index in [9.17, 15) is 0 Å². The fourth-order valence-electron chi connectivity index (χ4n) is 4.31. The summed E-state index contributed by atoms with van der Waals surface area (Å²) in [7, 11) is 1.66. The molecule has 0 fully saturated rings. The summed E-state index contributed by atoms with van der Waals surface area (Å²) >= 11 is 0. The van der Waals surface area contributed by atoms with Gasteiger partial charge in [0.25, 0.3) is 0 Å². The average molecular weight is 453 g/mol. The lowest BCUT2D eigenvalue weighted by molar-refractivity contribution is 0.273. The molecule has 0 atom stereocenters. The van der Waals surface area contributed by atoms with Crippen LogP contribution in [0, 0.1) is 6.92 Å². The van der Waals surface area contributed by atoms with E-state index in [4.69, 9.17) is 9.47 Å². The summed E-state index contributed by atoms with van der Waals surface area (Å²) in [5, 5.41) is 5.88. The molecule has 34 heavy (non-hydrogen) atoms. The van der Waals surface area contributed by atoms with Gasteiger partial charge in [0.05, 0.1) is 12.6 Å². The molecule has 0 bridgehead atoms. The van der Waals surface area contributed by atoms with Gasteiger partial charge >= 0.3 is 0 Å². The SMILES string of the molecule is COc1cccc(CNCCc2c[nH]c3ccccc23)c1OCc1nc(C)c2ccccc2n1. The van der Waals surface area contributed by atoms with Crippen LogP contribution in [0.1, 0.15) is 22.6 Å². The van der Waals surface area contributed by atoms with E-state index in [-0.39, 0.29) is 6.61 Å². The fourth-order valence-corrected chi connectivity index (χ4v) is 4.31. The van der Waals surface area contributed by atoms with Gasteiger partial charge in [0.15, 0.2) is 17.3 Å². The first-order chi connectivity index (χ1) is 16.7. The van der Waals surface area contributed by atoms with Gasteiger partial charge in [0.2, 0.25) is 0 Å². The Morgan fingerprint density at radius 3 is 2.59 bits per heavy atom. The first-order valence-electron chi connectivity index (χ1n) is 11.5. The van der Waals surface area contributed by atoms with Crippen LogP contribution in [0.15, 0.2) is 72.9 Å². The summed E-state index contributed by atoms with van der Waals surface area (Å²) in [6, 6.07) is 22.4. The van der Waals surface area contributed by atoms with Crippen molar-refractivity contribution in [1.29, 1.82) is 0 Å². The van der Waals surface area contributed by atoms with Crippen LogP contribution in [0.4, 0.5) is 0 Å². The standard InChI is InChI=1S/C28H28N4O2/c1-19-22-9-3-6-12-25(22)32-27(31-19)18-34-28-21(8-7-13-26(28)33-2)16-29-15-14-20-17-30-24-11-5-4-10-23(20)24/h3-13,17,29-30H,14-16,18H2,1-2H3. The number of hydrogen-bond donors (Lipinski definition) is 2. The Morgan fingerprint density at radius 1 is 0.882 bits per heavy atom. The monoisotopic (exact) mass is 452 g/mol. The van der Waals surface area contributed by atoms with E-state index >= 15 is 0 Å². The van der Waals surface area contributed by atoms with Crippen LogP contribution in [-0.4, -0.2) is 28.6 Å². The number of ether oxygens (including phenoxy) is 2. The number of benzene rings is 3. The van der Waals surface area contributed by atoms with Gasteiger partial charge in [-0.3, -0.25) is 0 Å². The van der Waals surface area contributed by atoms with Crippen molar-refractivity contribution in [1.82, 2.24) is 20.3 Å². The van der Waals surface area contributed by atoms with E-state index in [1.54, 1.807) is 7.11 Å². The van der Waals surface area contributed by atoms with Crippen LogP contribution in [0.25, 0.3) is 21.8 Å². The van der Waals surface area contributed by atoms with Crippen molar-refractivity contribution >= 4 is 21.8 Å². The summed E-state index contributed by atoms with van der Waals surface area (Å²) in [4.78, 5) is 12.6. The molecule has 0 aliphatic heterocycles. The zero-order chi connectivity index (χ0) is 23.3. The number of aromatic amines is 1. The summed E-state index contributed by atoms with van der Waals surface area (Å²) in [6.45, 7) is 3.80. The van der Waals surface area contributed by atoms with Gasteiger partial charge in [0.1, 0.15) is 6.61 Å². The van der Waals surface area contributed by atoms with E-state index in [0.717, 1.165) is 40.9 Å². The van der Waals surface area contributed by atoms with Crippen molar-refractivity contribution in [3.8, 4) is 11.5 Å². The van der Waals surface area contributed by atoms with Crippen molar-refractivity contribution in [3.63, 3.8) is 0 Å². The highest BCUT2D eigenvalue weighted by Crippen LogP contribution is 2.32. The van der Waals surface area contributed by atoms with E-state index < -0.39 is 0 Å². The Bertz CT molecular complexity index is 1430. The highest BCUT2D eigenvalue weighted by atomic mass is 16.5. The van der Waals surface area contributed by atoms with Crippen molar-refractivity contribution in [2.45, 2.75) is 26.5 Å². The average Bonchev–Trinajstić information content (AvgIpc) is 3.28. The minimum atomic E-state index is 0.272. The highest BCUT2D eigenvalue weighted by molar-refractivity contribution is 5.83. The topological polar surface area (TPSA) is 72.1 Å². The highest BCUT2D eigenvalue weighted by Gasteiger charge is 2.13. The van der Waals surface area contributed by atoms with Crippen LogP contribution in [-0.2, 0) is 19.6 Å². The lowest BCUT2D eigenvalue weighted by Crippen LogP contribution is -2.17. The molecule has 5 rings (SSSR count). The number of fused-ring (bicyclic) bond motifs is 2. The molecule has 0 aliphatic rings. The molecule has 2 N–H and O–H groups in total. The van der Waals surface area contributed by atoms with Gasteiger partial charge in [-0.15, -0.1) is 0 Å². The molecule has 3 aromatic carbocycles. The van der Waals surface area contributed by atoms with Crippen molar-refractivity contribution in [3.05, 3.63) is 95.6 Å². The quantitative estimate of drug-likeness (QED) is 0.295. The third-order valence-electron chi connectivity index (χ3n) is 6.03. The summed E-state index contributed by atoms with van der Waals surface area (Å²) in [5.74, 6) is 2.08. The molecule has 0 saturated heterocycles. The second-order valence-corrected chi connectivity index (χ2v) is 8.27. The third-order valence-corrected chi connectivity index (χ3v) is 6.03. The number of nitrogens with zero attached hydrogens (tertiary/aromatic N) is 2. The van der Waals surface area contributed by atoms with Crippen molar-refractivity contribution < 1.29 is 9.47 Å². The van der Waals surface area contributed by atoms with Gasteiger partial charge in [-0.05, 0) is 43.7 Å². The van der Waals surface area contributed by atoms with E-state index in [1.807, 2.05) is 43.3 Å². The Morgan fingerprint density at radius 2 is 1.71 bits per heavy atom. The Hall–Kier alpha value is -3.90. The Labute approximate surface area is 199 Å². The van der Waals surface area contributed by atoms with Gasteiger partial charge in [-0.25, -0.2) is 9.97 Å². The smallest absolute Gasteiger partial charge is 0.166 e. The van der Waals surface area contributed by atoms with Crippen LogP contribution in [0.3, 0.4) is 0 Å². The normalized spacial score (nSPS) is 11.2. The second-order valence-electron chi connectivity index (χ2n) is 8.27. The molecule has 172 valence electrons. The van der Waals surface area contributed by atoms with Crippen LogP contribution >= 0.6 is 0 Å². The zero-order valence-electron chi connectivity index (χ0n) is 19.5. The molecular formula is C28H28N4O2. The van der Waals surface area contributed by atoms with Crippen molar-refractivity contribution in [2.24, 2.45) is 0 Å². The molecule has 0 amide bonds. The third kappa shape index (κ3) is 4.58. The van der Waals surface area contributed by atoms with Gasteiger partial charge < -0.3 is 19.8 Å². The van der Waals surface area contributed by atoms with Crippen LogP contribution < -0.4 is 14.8 Å². The maximum atomic E-state index is 6.21. The van der Waals surface area contributed by atoms with E-state index in [0.29, 0.717) is 18.1 Å². The summed E-state index contributed by atoms with van der Waals surface area (Å²) in [6.07, 6.45) is 3.03. The summed E-state index contributed by atoms with van der Waals surface area (Å²) < 4.78 is 11.8. The number of methoxy groups -OCH3 is 1. The maximum absolute atomic E-state index is 6.21. The number of aromatic nitrogens is 3. The first kappa shape index (κ1) is 21.9. The predicted octanol–water partition coefficient (Wildman–Crippen LogP) is 5.34. The van der Waals surface area contributed by atoms with E-state index in [1.165, 1.54) is 16.5 Å². The molecule has 0 spiro atoms. The molecule has 5 aromatic rings. The molecule has 0 unspecified atom stereocenters. The zero-order valence-corrected chi connectivity index (χ0v) is 19.5. The number of para-hydroxylation sites is 3. The molecular weight excluding hydrogens is 424 g/mol. The first-order valence-corrected chi connectivity index (χ1v) is 11.5. The molecule has 6 heteroatoms. The predicted molar refractivity (Wildman–Crippen MR) is 135 cm³/mol. The second kappa shape index (κ2) is 9.93. The van der Waals surface area contributed by atoms with Crippen molar-refractivity contribution in [2.75, 3.05) is 13.7 Å². The molecule has 0 radical (unpaired) electrons. The number of nitrogens with one attached hydrogen (secondary N) is 2. The minimum Gasteiger partial charge on any atom is -0.493 e. The van der Waals surface area contributed by atoms with Crippen LogP contribution in [0.5, 0.6) is 11.5 Å². The Balaban J connectivity index is 1.26. The molecule has 2 aromatic heterocycles. The van der Waals surface area contributed by atoms with Crippen LogP contribution in [0.2, 0.25) is 0 Å². The Kier molecular flexibility index (Phi) is 6.40. The van der Waals surface area contributed by atoms with E-state index in [2.05, 4.69) is 56.8 Å². The molecule has 2 heterocycles. The number of hydrogen-bond acceptors (Lipinski definition) is 5. The number of H-pyrrole nitrogens is 1. The fraction of sp³-hybridized carbons (Fsp3) is 0.214. The van der Waals surface area contributed by atoms with Gasteiger partial charge in [0, 0.05) is 40.3 Å². The molecule has 0 aliphatic carbocycles. The lowest BCUT2D eigenvalue weighted by Gasteiger charge is -2.15. The lowest BCUT2D eigenvalue weighted by atomic mass is 10.1.